The summed E-state index contributed by atoms with van der Waals surface area (Å²) in [6.45, 7) is 3.14. The zero-order valence-corrected chi connectivity index (χ0v) is 9.54. The summed E-state index contributed by atoms with van der Waals surface area (Å²) in [6.07, 6.45) is 1.24. The molecule has 1 atom stereocenters. The van der Waals surface area contributed by atoms with E-state index < -0.39 is 16.1 Å². The first-order chi connectivity index (χ1) is 6.91. The fraction of sp³-hybridized carbons (Fsp3) is 0.500. The van der Waals surface area contributed by atoms with Gasteiger partial charge >= 0.3 is 0 Å². The van der Waals surface area contributed by atoms with E-state index in [0.29, 0.717) is 5.69 Å². The summed E-state index contributed by atoms with van der Waals surface area (Å²) in [5, 5.41) is 14.8. The van der Waals surface area contributed by atoms with E-state index >= 15 is 0 Å². The SMILES string of the molecule is Cc1[nH]ncc1S(=O)(=O)N(C)C(C)C#N. The van der Waals surface area contributed by atoms with Crippen LogP contribution in [0.1, 0.15) is 12.6 Å². The number of aromatic nitrogens is 2. The predicted molar refractivity (Wildman–Crippen MR) is 53.3 cm³/mol. The second-order valence-electron chi connectivity index (χ2n) is 3.19. The molecule has 0 bridgehead atoms. The molecule has 0 radical (unpaired) electrons. The van der Waals surface area contributed by atoms with Gasteiger partial charge in [-0.2, -0.15) is 14.7 Å². The average Bonchev–Trinajstić information content (AvgIpc) is 2.62. The van der Waals surface area contributed by atoms with Crippen LogP contribution in [-0.4, -0.2) is 36.0 Å². The normalized spacial score (nSPS) is 13.8. The molecule has 0 saturated carbocycles. The van der Waals surface area contributed by atoms with Gasteiger partial charge in [0.05, 0.1) is 18.0 Å². The van der Waals surface area contributed by atoms with Crippen LogP contribution in [0.5, 0.6) is 0 Å². The van der Waals surface area contributed by atoms with Crippen molar-refractivity contribution < 1.29 is 8.42 Å². The molecular weight excluding hydrogens is 216 g/mol. The van der Waals surface area contributed by atoms with E-state index in [2.05, 4.69) is 10.2 Å². The maximum Gasteiger partial charge on any atom is 0.247 e. The lowest BCUT2D eigenvalue weighted by Crippen LogP contribution is -2.34. The van der Waals surface area contributed by atoms with Gasteiger partial charge in [0.2, 0.25) is 10.0 Å². The van der Waals surface area contributed by atoms with E-state index in [1.54, 1.807) is 6.92 Å². The van der Waals surface area contributed by atoms with E-state index in [1.807, 2.05) is 6.07 Å². The molecule has 82 valence electrons. The Morgan fingerprint density at radius 3 is 2.67 bits per heavy atom. The Labute approximate surface area is 88.6 Å². The predicted octanol–water partition coefficient (Wildman–Crippen LogP) is 0.251. The quantitative estimate of drug-likeness (QED) is 0.803. The molecule has 0 aliphatic carbocycles. The molecule has 0 saturated heterocycles. The summed E-state index contributed by atoms with van der Waals surface area (Å²) in [5.74, 6) is 0. The number of nitriles is 1. The number of nitrogens with zero attached hydrogens (tertiary/aromatic N) is 3. The van der Waals surface area contributed by atoms with Crippen molar-refractivity contribution in [1.29, 1.82) is 5.26 Å². The first kappa shape index (κ1) is 11.7. The van der Waals surface area contributed by atoms with Crippen LogP contribution in [0, 0.1) is 18.3 Å². The second kappa shape index (κ2) is 4.00. The minimum atomic E-state index is -3.62. The zero-order valence-electron chi connectivity index (χ0n) is 8.72. The van der Waals surface area contributed by atoms with Crippen molar-refractivity contribution in [2.75, 3.05) is 7.05 Å². The first-order valence-corrected chi connectivity index (χ1v) is 5.73. The van der Waals surface area contributed by atoms with Crippen molar-refractivity contribution in [3.05, 3.63) is 11.9 Å². The van der Waals surface area contributed by atoms with Crippen LogP contribution in [0.3, 0.4) is 0 Å². The van der Waals surface area contributed by atoms with Crippen LogP contribution in [0.4, 0.5) is 0 Å². The largest absolute Gasteiger partial charge is 0.281 e. The minimum Gasteiger partial charge on any atom is -0.281 e. The summed E-state index contributed by atoms with van der Waals surface area (Å²) in [4.78, 5) is 0.104. The molecule has 1 aromatic heterocycles. The number of aromatic amines is 1. The Morgan fingerprint density at radius 2 is 2.27 bits per heavy atom. The molecule has 0 aromatic carbocycles. The van der Waals surface area contributed by atoms with E-state index in [4.69, 9.17) is 5.26 Å². The molecule has 1 N–H and O–H groups in total. The second-order valence-corrected chi connectivity index (χ2v) is 5.15. The number of aryl methyl sites for hydroxylation is 1. The molecule has 0 aliphatic rings. The molecule has 1 unspecified atom stereocenters. The highest BCUT2D eigenvalue weighted by Crippen LogP contribution is 2.17. The Kier molecular flexibility index (Phi) is 3.12. The lowest BCUT2D eigenvalue weighted by Gasteiger charge is -2.18. The Bertz CT molecular complexity index is 485. The fourth-order valence-corrected chi connectivity index (χ4v) is 2.44. The average molecular weight is 228 g/mol. The Balaban J connectivity index is 3.16. The topological polar surface area (TPSA) is 89.8 Å². The highest BCUT2D eigenvalue weighted by atomic mass is 32.2. The van der Waals surface area contributed by atoms with Crippen LogP contribution < -0.4 is 0 Å². The first-order valence-electron chi connectivity index (χ1n) is 4.29. The summed E-state index contributed by atoms with van der Waals surface area (Å²) in [5.41, 5.74) is 0.465. The van der Waals surface area contributed by atoms with Crippen molar-refractivity contribution in [2.45, 2.75) is 24.8 Å². The van der Waals surface area contributed by atoms with Crippen LogP contribution in [0.2, 0.25) is 0 Å². The highest BCUT2D eigenvalue weighted by Gasteiger charge is 2.27. The molecule has 1 rings (SSSR count). The number of H-pyrrole nitrogens is 1. The van der Waals surface area contributed by atoms with Gasteiger partial charge in [-0.15, -0.1) is 0 Å². The third kappa shape index (κ3) is 2.00. The number of nitrogens with one attached hydrogen (secondary N) is 1. The smallest absolute Gasteiger partial charge is 0.247 e. The number of hydrogen-bond acceptors (Lipinski definition) is 4. The zero-order chi connectivity index (χ0) is 11.6. The van der Waals surface area contributed by atoms with Crippen molar-refractivity contribution in [2.24, 2.45) is 0 Å². The minimum absolute atomic E-state index is 0.104. The third-order valence-electron chi connectivity index (χ3n) is 2.17. The van der Waals surface area contributed by atoms with Gasteiger partial charge in [0.25, 0.3) is 0 Å². The molecule has 0 fully saturated rings. The third-order valence-corrected chi connectivity index (χ3v) is 4.21. The van der Waals surface area contributed by atoms with Crippen molar-refractivity contribution in [1.82, 2.24) is 14.5 Å². The lowest BCUT2D eigenvalue weighted by molar-refractivity contribution is 0.441. The van der Waals surface area contributed by atoms with Gasteiger partial charge in [0, 0.05) is 7.05 Å². The molecule has 1 heterocycles. The van der Waals surface area contributed by atoms with Gasteiger partial charge in [-0.1, -0.05) is 0 Å². The highest BCUT2D eigenvalue weighted by molar-refractivity contribution is 7.89. The van der Waals surface area contributed by atoms with E-state index in [0.717, 1.165) is 4.31 Å². The molecular formula is C8H12N4O2S. The Morgan fingerprint density at radius 1 is 1.67 bits per heavy atom. The van der Waals surface area contributed by atoms with E-state index in [9.17, 15) is 8.42 Å². The van der Waals surface area contributed by atoms with Gasteiger partial charge < -0.3 is 0 Å². The maximum atomic E-state index is 11.9. The number of rotatable bonds is 3. The monoisotopic (exact) mass is 228 g/mol. The summed E-state index contributed by atoms with van der Waals surface area (Å²) >= 11 is 0. The summed E-state index contributed by atoms with van der Waals surface area (Å²) in [7, 11) is -2.25. The number of hydrogen-bond donors (Lipinski definition) is 1. The van der Waals surface area contributed by atoms with Gasteiger partial charge in [-0.25, -0.2) is 8.42 Å². The molecule has 6 nitrogen and oxygen atoms in total. The molecule has 7 heteroatoms. The molecule has 1 aromatic rings. The molecule has 0 aliphatic heterocycles. The van der Waals surface area contributed by atoms with Gasteiger partial charge in [-0.3, -0.25) is 5.10 Å². The molecule has 0 amide bonds. The van der Waals surface area contributed by atoms with Crippen LogP contribution in [0.15, 0.2) is 11.1 Å². The van der Waals surface area contributed by atoms with Crippen LogP contribution >= 0.6 is 0 Å². The summed E-state index contributed by atoms with van der Waals surface area (Å²) in [6, 6.07) is 1.16. The maximum absolute atomic E-state index is 11.9. The van der Waals surface area contributed by atoms with Crippen molar-refractivity contribution >= 4 is 10.0 Å². The Hall–Kier alpha value is -1.39. The molecule has 0 spiro atoms. The van der Waals surface area contributed by atoms with E-state index in [1.165, 1.54) is 20.2 Å². The molecule has 15 heavy (non-hydrogen) atoms. The van der Waals surface area contributed by atoms with Crippen molar-refractivity contribution in [3.8, 4) is 6.07 Å². The van der Waals surface area contributed by atoms with Crippen LogP contribution in [0.25, 0.3) is 0 Å². The standard InChI is InChI=1S/C8H12N4O2S/c1-6(4-9)12(3)15(13,14)8-5-10-11-7(8)2/h5-6H,1-3H3,(H,10,11). The van der Waals surface area contributed by atoms with Crippen molar-refractivity contribution in [3.63, 3.8) is 0 Å². The number of sulfonamides is 1. The van der Waals surface area contributed by atoms with E-state index in [-0.39, 0.29) is 4.90 Å². The van der Waals surface area contributed by atoms with Gasteiger partial charge in [-0.05, 0) is 13.8 Å². The van der Waals surface area contributed by atoms with Crippen LogP contribution in [-0.2, 0) is 10.0 Å². The van der Waals surface area contributed by atoms with Gasteiger partial charge in [0.1, 0.15) is 10.9 Å². The fourth-order valence-electron chi connectivity index (χ4n) is 1.04. The van der Waals surface area contributed by atoms with Gasteiger partial charge in [0.15, 0.2) is 0 Å². The summed E-state index contributed by atoms with van der Waals surface area (Å²) < 4.78 is 24.9. The lowest BCUT2D eigenvalue weighted by atomic mass is 10.4.